The van der Waals surface area contributed by atoms with Crippen molar-refractivity contribution in [3.63, 3.8) is 0 Å². The molecule has 0 aliphatic carbocycles. The minimum Gasteiger partial charge on any atom is -0.360 e. The molecule has 1 aliphatic rings. The highest BCUT2D eigenvalue weighted by molar-refractivity contribution is 6.06. The van der Waals surface area contributed by atoms with Crippen LogP contribution in [0.1, 0.15) is 47.7 Å². The molecule has 8 heteroatoms. The Balaban J connectivity index is 1.64. The number of nitrogens with zero attached hydrogens (tertiary/aromatic N) is 2. The molecule has 0 radical (unpaired) electrons. The number of rotatable bonds is 4. The molecule has 1 unspecified atom stereocenters. The number of pyridine rings is 1. The first-order valence-electron chi connectivity index (χ1n) is 9.97. The highest BCUT2D eigenvalue weighted by atomic mass is 16.2. The third-order valence-corrected chi connectivity index (χ3v) is 5.56. The molecule has 4 rings (SSSR count). The van der Waals surface area contributed by atoms with Crippen molar-refractivity contribution in [1.29, 1.82) is 0 Å². The van der Waals surface area contributed by atoms with Crippen LogP contribution >= 0.6 is 0 Å². The summed E-state index contributed by atoms with van der Waals surface area (Å²) in [6, 6.07) is 5.42. The number of hydrogen-bond donors (Lipinski definition) is 4. The Bertz CT molecular complexity index is 1130. The van der Waals surface area contributed by atoms with Gasteiger partial charge in [-0.3, -0.25) is 15.1 Å². The first kappa shape index (κ1) is 20.1. The number of carbonyl (C=O) groups excluding carboxylic acids is 2. The van der Waals surface area contributed by atoms with Crippen molar-refractivity contribution in [3.05, 3.63) is 58.5 Å². The molecule has 8 nitrogen and oxygen atoms in total. The van der Waals surface area contributed by atoms with Crippen molar-refractivity contribution in [2.24, 2.45) is 5.73 Å². The van der Waals surface area contributed by atoms with Crippen LogP contribution in [0.3, 0.4) is 0 Å². The van der Waals surface area contributed by atoms with Crippen LogP contribution < -0.4 is 21.5 Å². The van der Waals surface area contributed by atoms with E-state index in [1.54, 1.807) is 0 Å². The van der Waals surface area contributed by atoms with Gasteiger partial charge in [-0.2, -0.15) is 5.43 Å². The van der Waals surface area contributed by atoms with Gasteiger partial charge in [-0.1, -0.05) is 13.8 Å². The van der Waals surface area contributed by atoms with E-state index in [2.05, 4.69) is 46.8 Å². The smallest absolute Gasteiger partial charge is 0.343 e. The Labute approximate surface area is 174 Å². The van der Waals surface area contributed by atoms with Crippen molar-refractivity contribution >= 4 is 28.5 Å². The molecule has 1 saturated heterocycles. The van der Waals surface area contributed by atoms with Crippen molar-refractivity contribution in [1.82, 2.24) is 20.7 Å². The summed E-state index contributed by atoms with van der Waals surface area (Å²) >= 11 is 0. The van der Waals surface area contributed by atoms with E-state index < -0.39 is 18.1 Å². The van der Waals surface area contributed by atoms with Gasteiger partial charge in [0, 0.05) is 23.7 Å². The third kappa shape index (κ3) is 3.55. The number of amides is 3. The van der Waals surface area contributed by atoms with E-state index in [-0.39, 0.29) is 0 Å². The Morgan fingerprint density at radius 2 is 1.87 bits per heavy atom. The molecule has 0 bridgehead atoms. The van der Waals surface area contributed by atoms with E-state index in [0.717, 1.165) is 27.9 Å². The summed E-state index contributed by atoms with van der Waals surface area (Å²) in [6.45, 7) is 8.38. The summed E-state index contributed by atoms with van der Waals surface area (Å²) in [5.41, 5.74) is 15.6. The van der Waals surface area contributed by atoms with E-state index in [1.807, 2.05) is 32.2 Å². The molecular weight excluding hydrogens is 380 g/mol. The van der Waals surface area contributed by atoms with Crippen LogP contribution in [0.4, 0.5) is 10.5 Å². The van der Waals surface area contributed by atoms with E-state index in [1.165, 1.54) is 16.0 Å². The second-order valence-corrected chi connectivity index (χ2v) is 8.09. The van der Waals surface area contributed by atoms with E-state index in [9.17, 15) is 9.59 Å². The lowest BCUT2D eigenvalue weighted by Crippen LogP contribution is -2.67. The molecule has 0 spiro atoms. The van der Waals surface area contributed by atoms with Gasteiger partial charge in [-0.05, 0) is 60.2 Å². The number of aromatic nitrogens is 2. The fourth-order valence-electron chi connectivity index (χ4n) is 3.91. The topological polar surface area (TPSA) is 116 Å². The number of carbonyl (C=O) groups is 2. The molecule has 30 heavy (non-hydrogen) atoms. The van der Waals surface area contributed by atoms with E-state index >= 15 is 0 Å². The second kappa shape index (κ2) is 7.55. The highest BCUT2D eigenvalue weighted by Crippen LogP contribution is 2.28. The first-order valence-corrected chi connectivity index (χ1v) is 9.97. The van der Waals surface area contributed by atoms with Gasteiger partial charge in [0.2, 0.25) is 0 Å². The molecule has 2 aromatic heterocycles. The van der Waals surface area contributed by atoms with Crippen LogP contribution in [-0.4, -0.2) is 28.1 Å². The normalized spacial score (nSPS) is 17.1. The number of benzene rings is 1. The van der Waals surface area contributed by atoms with Crippen molar-refractivity contribution < 1.29 is 9.59 Å². The maximum atomic E-state index is 12.2. The summed E-state index contributed by atoms with van der Waals surface area (Å²) in [7, 11) is 0. The summed E-state index contributed by atoms with van der Waals surface area (Å²) in [5, 5.41) is 4.72. The Hall–Kier alpha value is -3.23. The Morgan fingerprint density at radius 1 is 1.17 bits per heavy atom. The zero-order chi connectivity index (χ0) is 21.6. The minimum absolute atomic E-state index is 0.429. The number of hydrogen-bond acceptors (Lipinski definition) is 5. The first-order chi connectivity index (χ1) is 14.2. The zero-order valence-electron chi connectivity index (χ0n) is 17.5. The maximum absolute atomic E-state index is 12.2. The predicted octanol–water partition coefficient (Wildman–Crippen LogP) is 2.74. The summed E-state index contributed by atoms with van der Waals surface area (Å²) < 4.78 is 0. The monoisotopic (exact) mass is 406 g/mol. The van der Waals surface area contributed by atoms with Gasteiger partial charge in [0.05, 0.1) is 17.4 Å². The highest BCUT2D eigenvalue weighted by Gasteiger charge is 2.30. The van der Waals surface area contributed by atoms with Gasteiger partial charge in [-0.15, -0.1) is 0 Å². The van der Waals surface area contributed by atoms with Gasteiger partial charge in [0.15, 0.2) is 6.17 Å². The van der Waals surface area contributed by atoms with Crippen molar-refractivity contribution in [2.45, 2.75) is 46.2 Å². The predicted molar refractivity (Wildman–Crippen MR) is 116 cm³/mol. The number of anilines is 1. The van der Waals surface area contributed by atoms with Crippen LogP contribution in [0.5, 0.6) is 0 Å². The number of hydrazine groups is 1. The van der Waals surface area contributed by atoms with Gasteiger partial charge in [-0.25, -0.2) is 9.80 Å². The SMILES string of the molecule is Cc1cc(N2NC(N)C(=O)NC2=O)cc(C)c1Cc1cc2c(C(C)C)c[nH]c2cn1. The molecule has 3 amide bonds. The Morgan fingerprint density at radius 3 is 2.53 bits per heavy atom. The van der Waals surface area contributed by atoms with Crippen molar-refractivity contribution in [3.8, 4) is 0 Å². The number of imide groups is 1. The molecule has 156 valence electrons. The van der Waals surface area contributed by atoms with Crippen LogP contribution in [0.25, 0.3) is 10.9 Å². The number of urea groups is 1. The number of aryl methyl sites for hydroxylation is 2. The lowest BCUT2D eigenvalue weighted by Gasteiger charge is -2.31. The number of H-pyrrole nitrogens is 1. The average molecular weight is 406 g/mol. The lowest BCUT2D eigenvalue weighted by molar-refractivity contribution is -0.122. The fourth-order valence-corrected chi connectivity index (χ4v) is 3.91. The molecule has 3 aromatic rings. The molecule has 1 fully saturated rings. The second-order valence-electron chi connectivity index (χ2n) is 8.09. The van der Waals surface area contributed by atoms with E-state index in [0.29, 0.717) is 18.0 Å². The molecule has 1 aromatic carbocycles. The van der Waals surface area contributed by atoms with Crippen molar-refractivity contribution in [2.75, 3.05) is 5.01 Å². The summed E-state index contributed by atoms with van der Waals surface area (Å²) in [5.74, 6) is -0.119. The third-order valence-electron chi connectivity index (χ3n) is 5.56. The molecule has 1 atom stereocenters. The molecule has 1 aliphatic heterocycles. The minimum atomic E-state index is -0.976. The molecule has 0 saturated carbocycles. The summed E-state index contributed by atoms with van der Waals surface area (Å²) in [6.07, 6.45) is 3.65. The largest absolute Gasteiger partial charge is 0.360 e. The number of aromatic amines is 1. The number of fused-ring (bicyclic) bond motifs is 1. The maximum Gasteiger partial charge on any atom is 0.343 e. The van der Waals surface area contributed by atoms with Crippen LogP contribution in [0.15, 0.2) is 30.6 Å². The Kier molecular flexibility index (Phi) is 5.05. The lowest BCUT2D eigenvalue weighted by atomic mass is 9.96. The van der Waals surface area contributed by atoms with Gasteiger partial charge in [0.25, 0.3) is 5.91 Å². The van der Waals surface area contributed by atoms with Crippen LogP contribution in [0.2, 0.25) is 0 Å². The molecule has 5 N–H and O–H groups in total. The number of nitrogens with two attached hydrogens (primary N) is 1. The van der Waals surface area contributed by atoms with Gasteiger partial charge >= 0.3 is 6.03 Å². The number of nitrogens with one attached hydrogen (secondary N) is 3. The van der Waals surface area contributed by atoms with Crippen LogP contribution in [-0.2, 0) is 11.2 Å². The molecule has 3 heterocycles. The molecular formula is C22H26N6O2. The summed E-state index contributed by atoms with van der Waals surface area (Å²) in [4.78, 5) is 31.7. The average Bonchev–Trinajstić information content (AvgIpc) is 3.11. The standard InChI is InChI=1S/C22H26N6O2/c1-11(2)18-9-25-19-10-24-14(8-17(18)19)7-16-12(3)5-15(6-13(16)4)28-22(30)26-21(29)20(23)27-28/h5-6,8-11,20,25,27H,7,23H2,1-4H3,(H,26,29,30). The van der Waals surface area contributed by atoms with E-state index in [4.69, 9.17) is 5.73 Å². The fraction of sp³-hybridized carbons (Fsp3) is 0.318. The zero-order valence-corrected chi connectivity index (χ0v) is 17.5. The van der Waals surface area contributed by atoms with Gasteiger partial charge < -0.3 is 10.7 Å². The van der Waals surface area contributed by atoms with Crippen LogP contribution in [0, 0.1) is 13.8 Å². The quantitative estimate of drug-likeness (QED) is 0.532. The van der Waals surface area contributed by atoms with Gasteiger partial charge in [0.1, 0.15) is 0 Å².